The first-order valence-corrected chi connectivity index (χ1v) is 10.4. The van der Waals surface area contributed by atoms with Gasteiger partial charge in [0.2, 0.25) is 0 Å². The monoisotopic (exact) mass is 438 g/mol. The van der Waals surface area contributed by atoms with Gasteiger partial charge in [-0.15, -0.1) is 12.4 Å². The van der Waals surface area contributed by atoms with E-state index < -0.39 is 0 Å². The molecule has 2 N–H and O–H groups in total. The molecule has 6 nitrogen and oxygen atoms in total. The maximum Gasteiger partial charge on any atom is 0.271 e. The van der Waals surface area contributed by atoms with Crippen molar-refractivity contribution in [2.75, 3.05) is 26.7 Å². The molecule has 7 heteroatoms. The van der Waals surface area contributed by atoms with E-state index in [0.717, 1.165) is 25.2 Å². The quantitative estimate of drug-likeness (QED) is 0.650. The molecule has 2 aliphatic rings. The van der Waals surface area contributed by atoms with Gasteiger partial charge in [0.25, 0.3) is 5.91 Å². The lowest BCUT2D eigenvalue weighted by atomic mass is 9.88. The van der Waals surface area contributed by atoms with Crippen LogP contribution >= 0.6 is 12.4 Å². The number of phenols is 1. The number of benzene rings is 2. The van der Waals surface area contributed by atoms with E-state index in [1.54, 1.807) is 30.3 Å². The first-order valence-electron chi connectivity index (χ1n) is 10.4. The second-order valence-electron chi connectivity index (χ2n) is 8.59. The minimum absolute atomic E-state index is 0. The molecule has 0 saturated carbocycles. The number of aryl methyl sites for hydroxylation is 1. The number of aromatic nitrogens is 2. The van der Waals surface area contributed by atoms with Crippen molar-refractivity contribution in [3.05, 3.63) is 71.4 Å². The zero-order valence-corrected chi connectivity index (χ0v) is 18.5. The number of phenolic OH excluding ortho intramolecular Hbond substituents is 1. The van der Waals surface area contributed by atoms with Crippen molar-refractivity contribution in [2.24, 2.45) is 11.8 Å². The van der Waals surface area contributed by atoms with Crippen molar-refractivity contribution in [2.45, 2.75) is 13.0 Å². The summed E-state index contributed by atoms with van der Waals surface area (Å²) in [6, 6.07) is 17.6. The molecule has 162 valence electrons. The van der Waals surface area contributed by atoms with Gasteiger partial charge in [-0.2, -0.15) is 5.10 Å². The smallest absolute Gasteiger partial charge is 0.271 e. The number of H-pyrrole nitrogens is 1. The van der Waals surface area contributed by atoms with Crippen LogP contribution < -0.4 is 0 Å². The Morgan fingerprint density at radius 2 is 1.84 bits per heavy atom. The van der Waals surface area contributed by atoms with Crippen LogP contribution in [0.4, 0.5) is 0 Å². The Kier molecular flexibility index (Phi) is 5.77. The Labute approximate surface area is 188 Å². The predicted molar refractivity (Wildman–Crippen MR) is 122 cm³/mol. The Morgan fingerprint density at radius 1 is 1.10 bits per heavy atom. The standard InChI is InChI=1S/C24H26N4O2.ClH/c1-15-5-3-4-6-19(15)23-20-14-28(13-17(20)12-27(23)2)24(30)22-11-21(25-26-22)16-7-9-18(29)10-8-16;/h3-11,17,20,23,29H,12-14H2,1-2H3,(H,25,26);1H/t17-,20+,23-;/m0./s1. The average Bonchev–Trinajstić information content (AvgIpc) is 3.44. The number of carbonyl (C=O) groups excluding carboxylic acids is 1. The van der Waals surface area contributed by atoms with E-state index in [4.69, 9.17) is 0 Å². The summed E-state index contributed by atoms with van der Waals surface area (Å²) in [5.41, 5.74) is 4.77. The number of hydrogen-bond acceptors (Lipinski definition) is 4. The number of fused-ring (bicyclic) bond motifs is 1. The van der Waals surface area contributed by atoms with Crippen LogP contribution in [-0.4, -0.2) is 57.7 Å². The van der Waals surface area contributed by atoms with E-state index in [9.17, 15) is 9.90 Å². The van der Waals surface area contributed by atoms with Crippen molar-refractivity contribution in [1.82, 2.24) is 20.0 Å². The molecule has 2 fully saturated rings. The highest BCUT2D eigenvalue weighted by Crippen LogP contribution is 2.45. The molecule has 2 saturated heterocycles. The molecule has 0 radical (unpaired) electrons. The van der Waals surface area contributed by atoms with Gasteiger partial charge in [-0.1, -0.05) is 24.3 Å². The van der Waals surface area contributed by atoms with Crippen LogP contribution in [0.25, 0.3) is 11.3 Å². The van der Waals surface area contributed by atoms with Crippen LogP contribution in [0.5, 0.6) is 5.75 Å². The topological polar surface area (TPSA) is 72.5 Å². The van der Waals surface area contributed by atoms with E-state index in [2.05, 4.69) is 53.3 Å². The lowest BCUT2D eigenvalue weighted by Gasteiger charge is -2.28. The van der Waals surface area contributed by atoms with Crippen LogP contribution in [0, 0.1) is 18.8 Å². The Bertz CT molecular complexity index is 1080. The summed E-state index contributed by atoms with van der Waals surface area (Å²) >= 11 is 0. The Morgan fingerprint density at radius 3 is 2.58 bits per heavy atom. The van der Waals surface area contributed by atoms with E-state index in [1.807, 2.05) is 4.90 Å². The summed E-state index contributed by atoms with van der Waals surface area (Å²) in [7, 11) is 2.19. The number of likely N-dealkylation sites (tertiary alicyclic amines) is 2. The Hall–Kier alpha value is -2.83. The molecule has 1 aromatic heterocycles. The number of carbonyl (C=O) groups is 1. The molecule has 2 aromatic carbocycles. The highest BCUT2D eigenvalue weighted by atomic mass is 35.5. The normalized spacial score (nSPS) is 22.9. The molecule has 0 spiro atoms. The third-order valence-electron chi connectivity index (χ3n) is 6.66. The second-order valence-corrected chi connectivity index (χ2v) is 8.59. The first-order chi connectivity index (χ1) is 14.5. The molecule has 31 heavy (non-hydrogen) atoms. The molecule has 3 aromatic rings. The van der Waals surface area contributed by atoms with Crippen LogP contribution in [0.2, 0.25) is 0 Å². The molecule has 1 amide bonds. The van der Waals surface area contributed by atoms with Crippen LogP contribution in [0.3, 0.4) is 0 Å². The van der Waals surface area contributed by atoms with Crippen molar-refractivity contribution >= 4 is 18.3 Å². The summed E-state index contributed by atoms with van der Waals surface area (Å²) in [6.45, 7) is 4.73. The van der Waals surface area contributed by atoms with Crippen molar-refractivity contribution in [3.63, 3.8) is 0 Å². The molecule has 3 heterocycles. The van der Waals surface area contributed by atoms with Gasteiger partial charge in [0.05, 0.1) is 5.69 Å². The number of aromatic amines is 1. The Balaban J connectivity index is 0.00000231. The average molecular weight is 439 g/mol. The molecular weight excluding hydrogens is 412 g/mol. The van der Waals surface area contributed by atoms with Crippen LogP contribution in [0.15, 0.2) is 54.6 Å². The zero-order valence-electron chi connectivity index (χ0n) is 17.7. The minimum atomic E-state index is 0. The van der Waals surface area contributed by atoms with Crippen LogP contribution in [-0.2, 0) is 0 Å². The summed E-state index contributed by atoms with van der Waals surface area (Å²) in [5.74, 6) is 1.15. The summed E-state index contributed by atoms with van der Waals surface area (Å²) < 4.78 is 0. The molecule has 0 bridgehead atoms. The van der Waals surface area contributed by atoms with Gasteiger partial charge in [0.15, 0.2) is 0 Å². The zero-order chi connectivity index (χ0) is 20.8. The second kappa shape index (κ2) is 8.36. The van der Waals surface area contributed by atoms with Gasteiger partial charge in [0.1, 0.15) is 11.4 Å². The minimum Gasteiger partial charge on any atom is -0.508 e. The fraction of sp³-hybridized carbons (Fsp3) is 0.333. The fourth-order valence-electron chi connectivity index (χ4n) is 5.19. The third-order valence-corrected chi connectivity index (χ3v) is 6.66. The van der Waals surface area contributed by atoms with Crippen molar-refractivity contribution in [1.29, 1.82) is 0 Å². The number of aromatic hydroxyl groups is 1. The lowest BCUT2D eigenvalue weighted by Crippen LogP contribution is -2.33. The lowest BCUT2D eigenvalue weighted by molar-refractivity contribution is 0.0762. The number of nitrogens with zero attached hydrogens (tertiary/aromatic N) is 3. The van der Waals surface area contributed by atoms with E-state index in [-0.39, 0.29) is 24.1 Å². The van der Waals surface area contributed by atoms with E-state index in [1.165, 1.54) is 11.1 Å². The number of nitrogens with one attached hydrogen (secondary N) is 1. The largest absolute Gasteiger partial charge is 0.508 e. The van der Waals surface area contributed by atoms with Gasteiger partial charge >= 0.3 is 0 Å². The van der Waals surface area contributed by atoms with Gasteiger partial charge in [-0.25, -0.2) is 0 Å². The maximum atomic E-state index is 13.2. The maximum absolute atomic E-state index is 13.2. The molecule has 3 atom stereocenters. The molecule has 2 aliphatic heterocycles. The van der Waals surface area contributed by atoms with Crippen molar-refractivity contribution in [3.8, 4) is 17.0 Å². The van der Waals surface area contributed by atoms with Gasteiger partial charge in [0, 0.05) is 37.2 Å². The van der Waals surface area contributed by atoms with Crippen LogP contribution in [0.1, 0.15) is 27.7 Å². The number of rotatable bonds is 3. The van der Waals surface area contributed by atoms with E-state index >= 15 is 0 Å². The number of halogens is 1. The fourth-order valence-corrected chi connectivity index (χ4v) is 5.19. The molecule has 0 unspecified atom stereocenters. The highest BCUT2D eigenvalue weighted by molar-refractivity contribution is 5.93. The SMILES string of the molecule is Cc1ccccc1[C@H]1[C@@H]2CN(C(=O)c3cc(-c4ccc(O)cc4)n[nH]3)C[C@@H]2CN1C.Cl. The summed E-state index contributed by atoms with van der Waals surface area (Å²) in [4.78, 5) is 17.6. The predicted octanol–water partition coefficient (Wildman–Crippen LogP) is 3.89. The highest BCUT2D eigenvalue weighted by Gasteiger charge is 2.47. The summed E-state index contributed by atoms with van der Waals surface area (Å²) in [6.07, 6.45) is 0. The van der Waals surface area contributed by atoms with Gasteiger partial charge in [-0.05, 0) is 61.3 Å². The summed E-state index contributed by atoms with van der Waals surface area (Å²) in [5, 5.41) is 16.7. The van der Waals surface area contributed by atoms with Gasteiger partial charge in [-0.3, -0.25) is 14.8 Å². The number of hydrogen-bond donors (Lipinski definition) is 2. The van der Waals surface area contributed by atoms with E-state index in [0.29, 0.717) is 29.3 Å². The first kappa shape index (κ1) is 21.4. The number of amides is 1. The third kappa shape index (κ3) is 3.82. The molecule has 5 rings (SSSR count). The molecular formula is C24H27ClN4O2. The van der Waals surface area contributed by atoms with Crippen molar-refractivity contribution < 1.29 is 9.90 Å². The van der Waals surface area contributed by atoms with Gasteiger partial charge < -0.3 is 10.0 Å². The molecule has 0 aliphatic carbocycles.